The van der Waals surface area contributed by atoms with Crippen molar-refractivity contribution in [3.63, 3.8) is 0 Å². The van der Waals surface area contributed by atoms with Gasteiger partial charge >= 0.3 is 6.03 Å². The fraction of sp³-hybridized carbons (Fsp3) is 0.583. The van der Waals surface area contributed by atoms with Crippen molar-refractivity contribution >= 4 is 17.8 Å². The van der Waals surface area contributed by atoms with Crippen LogP contribution in [0.1, 0.15) is 24.6 Å². The lowest BCUT2D eigenvalue weighted by molar-refractivity contribution is -0.137. The number of nitrogens with zero attached hydrogens (tertiary/aromatic N) is 4. The van der Waals surface area contributed by atoms with E-state index in [0.717, 1.165) is 23.6 Å². The number of imide groups is 1. The molecule has 0 aliphatic carbocycles. The van der Waals surface area contributed by atoms with Crippen molar-refractivity contribution in [2.75, 3.05) is 26.2 Å². The van der Waals surface area contributed by atoms with Gasteiger partial charge in [0.2, 0.25) is 5.91 Å². The van der Waals surface area contributed by atoms with Gasteiger partial charge in [-0.3, -0.25) is 19.6 Å². The number of urea groups is 1. The first-order valence-corrected chi connectivity index (χ1v) is 6.86. The molecule has 2 saturated heterocycles. The molecule has 2 aliphatic rings. The van der Waals surface area contributed by atoms with Crippen LogP contribution in [0.25, 0.3) is 0 Å². The number of carbonyl (C=O) groups is 3. The lowest BCUT2D eigenvalue weighted by Crippen LogP contribution is -2.46. The summed E-state index contributed by atoms with van der Waals surface area (Å²) in [6, 6.07) is -0.503. The third kappa shape index (κ3) is 2.71. The van der Waals surface area contributed by atoms with Crippen LogP contribution in [0.3, 0.4) is 0 Å². The van der Waals surface area contributed by atoms with E-state index in [1.54, 1.807) is 4.90 Å². The molecule has 9 nitrogen and oxygen atoms in total. The number of likely N-dealkylation sites (tertiary alicyclic amines) is 1. The van der Waals surface area contributed by atoms with E-state index in [0.29, 0.717) is 13.1 Å². The van der Waals surface area contributed by atoms with Gasteiger partial charge in [-0.1, -0.05) is 0 Å². The first-order chi connectivity index (χ1) is 10.1. The van der Waals surface area contributed by atoms with Gasteiger partial charge in [0.15, 0.2) is 0 Å². The number of aromatic nitrogens is 3. The second-order valence-electron chi connectivity index (χ2n) is 5.19. The predicted molar refractivity (Wildman–Crippen MR) is 70.0 cm³/mol. The second-order valence-corrected chi connectivity index (χ2v) is 5.19. The molecule has 0 spiro atoms. The van der Waals surface area contributed by atoms with Gasteiger partial charge in [0.1, 0.15) is 18.7 Å². The molecule has 4 amide bonds. The van der Waals surface area contributed by atoms with Crippen molar-refractivity contribution < 1.29 is 14.4 Å². The number of rotatable bonds is 3. The maximum absolute atomic E-state index is 12.3. The largest absolute Gasteiger partial charge is 0.340 e. The topological polar surface area (TPSA) is 111 Å². The Bertz CT molecular complexity index is 541. The van der Waals surface area contributed by atoms with Crippen LogP contribution >= 0.6 is 0 Å². The van der Waals surface area contributed by atoms with E-state index in [9.17, 15) is 14.4 Å². The number of piperidine rings is 1. The molecule has 9 heteroatoms. The highest BCUT2D eigenvalue weighted by Crippen LogP contribution is 2.24. The Kier molecular flexibility index (Phi) is 3.55. The van der Waals surface area contributed by atoms with Gasteiger partial charge in [-0.15, -0.1) is 0 Å². The van der Waals surface area contributed by atoms with Gasteiger partial charge in [0.25, 0.3) is 5.91 Å². The Labute approximate surface area is 120 Å². The van der Waals surface area contributed by atoms with E-state index in [-0.39, 0.29) is 30.8 Å². The highest BCUT2D eigenvalue weighted by molar-refractivity contribution is 6.04. The van der Waals surface area contributed by atoms with Crippen molar-refractivity contribution in [1.82, 2.24) is 30.3 Å². The molecule has 112 valence electrons. The standard InChI is InChI=1S/C12H16N6O3/c19-9-4-13-12(21)18(9)6-10(20)17-3-1-2-8(5-17)11-14-7-15-16-11/h7-8H,1-6H2,(H,13,21)(H,14,15,16)/t8-/m1/s1. The predicted octanol–water partition coefficient (Wildman–Crippen LogP) is -0.937. The summed E-state index contributed by atoms with van der Waals surface area (Å²) in [6.45, 7) is 0.922. The summed E-state index contributed by atoms with van der Waals surface area (Å²) in [5, 5.41) is 9.05. The Morgan fingerprint density at radius 3 is 2.95 bits per heavy atom. The van der Waals surface area contributed by atoms with Crippen LogP contribution < -0.4 is 5.32 Å². The highest BCUT2D eigenvalue weighted by atomic mass is 16.2. The van der Waals surface area contributed by atoms with Crippen LogP contribution in [-0.2, 0) is 9.59 Å². The first kappa shape index (κ1) is 13.5. The SMILES string of the molecule is O=C(CN1C(=O)CNC1=O)N1CCC[C@@H](c2ncn[nH]2)C1. The van der Waals surface area contributed by atoms with Gasteiger partial charge in [-0.2, -0.15) is 5.10 Å². The molecular formula is C12H16N6O3. The van der Waals surface area contributed by atoms with Crippen LogP contribution in [0.4, 0.5) is 4.79 Å². The minimum absolute atomic E-state index is 0.0349. The summed E-state index contributed by atoms with van der Waals surface area (Å²) < 4.78 is 0. The molecule has 0 bridgehead atoms. The Hall–Kier alpha value is -2.45. The third-order valence-corrected chi connectivity index (χ3v) is 3.82. The van der Waals surface area contributed by atoms with Crippen molar-refractivity contribution in [3.8, 4) is 0 Å². The van der Waals surface area contributed by atoms with Crippen LogP contribution in [-0.4, -0.2) is 69.0 Å². The average molecular weight is 292 g/mol. The number of H-pyrrole nitrogens is 1. The van der Waals surface area contributed by atoms with Crippen molar-refractivity contribution in [2.24, 2.45) is 0 Å². The summed E-state index contributed by atoms with van der Waals surface area (Å²) in [4.78, 5) is 42.0. The normalized spacial score (nSPS) is 22.6. The van der Waals surface area contributed by atoms with Crippen LogP contribution in [0.15, 0.2) is 6.33 Å². The van der Waals surface area contributed by atoms with E-state index >= 15 is 0 Å². The molecule has 0 saturated carbocycles. The molecular weight excluding hydrogens is 276 g/mol. The fourth-order valence-corrected chi connectivity index (χ4v) is 2.69. The summed E-state index contributed by atoms with van der Waals surface area (Å²) in [6.07, 6.45) is 3.24. The molecule has 0 radical (unpaired) electrons. The number of hydrogen-bond acceptors (Lipinski definition) is 5. The van der Waals surface area contributed by atoms with Crippen LogP contribution in [0.5, 0.6) is 0 Å². The number of aromatic amines is 1. The van der Waals surface area contributed by atoms with E-state index in [2.05, 4.69) is 20.5 Å². The Morgan fingerprint density at radius 2 is 2.29 bits per heavy atom. The molecule has 2 aliphatic heterocycles. The molecule has 1 aromatic heterocycles. The van der Waals surface area contributed by atoms with Gasteiger partial charge in [0, 0.05) is 19.0 Å². The number of nitrogens with one attached hydrogen (secondary N) is 2. The zero-order chi connectivity index (χ0) is 14.8. The summed E-state index contributed by atoms with van der Waals surface area (Å²) in [5.74, 6) is 0.303. The van der Waals surface area contributed by atoms with Gasteiger partial charge in [-0.25, -0.2) is 9.78 Å². The third-order valence-electron chi connectivity index (χ3n) is 3.82. The lowest BCUT2D eigenvalue weighted by atomic mass is 9.97. The van der Waals surface area contributed by atoms with E-state index in [1.807, 2.05) is 0 Å². The minimum atomic E-state index is -0.503. The summed E-state index contributed by atoms with van der Waals surface area (Å²) in [7, 11) is 0. The second kappa shape index (κ2) is 5.51. The zero-order valence-electron chi connectivity index (χ0n) is 11.4. The highest BCUT2D eigenvalue weighted by Gasteiger charge is 2.33. The van der Waals surface area contributed by atoms with Crippen LogP contribution in [0, 0.1) is 0 Å². The zero-order valence-corrected chi connectivity index (χ0v) is 11.4. The number of carbonyl (C=O) groups excluding carboxylic acids is 3. The molecule has 0 aromatic carbocycles. The average Bonchev–Trinajstić information content (AvgIpc) is 3.13. The molecule has 2 N–H and O–H groups in total. The molecule has 1 atom stereocenters. The van der Waals surface area contributed by atoms with Crippen molar-refractivity contribution in [2.45, 2.75) is 18.8 Å². The van der Waals surface area contributed by atoms with Crippen molar-refractivity contribution in [1.29, 1.82) is 0 Å². The maximum atomic E-state index is 12.3. The molecule has 2 fully saturated rings. The smallest absolute Gasteiger partial charge is 0.325 e. The maximum Gasteiger partial charge on any atom is 0.325 e. The molecule has 3 heterocycles. The van der Waals surface area contributed by atoms with Crippen LogP contribution in [0.2, 0.25) is 0 Å². The van der Waals surface area contributed by atoms with E-state index in [4.69, 9.17) is 0 Å². The van der Waals surface area contributed by atoms with Gasteiger partial charge in [0.05, 0.1) is 6.54 Å². The first-order valence-electron chi connectivity index (χ1n) is 6.86. The summed E-state index contributed by atoms with van der Waals surface area (Å²) >= 11 is 0. The number of hydrogen-bond donors (Lipinski definition) is 2. The van der Waals surface area contributed by atoms with E-state index < -0.39 is 6.03 Å². The Balaban J connectivity index is 1.62. The number of amides is 4. The minimum Gasteiger partial charge on any atom is -0.340 e. The van der Waals surface area contributed by atoms with Gasteiger partial charge < -0.3 is 10.2 Å². The quantitative estimate of drug-likeness (QED) is 0.699. The monoisotopic (exact) mass is 292 g/mol. The molecule has 1 aromatic rings. The molecule has 21 heavy (non-hydrogen) atoms. The summed E-state index contributed by atoms with van der Waals surface area (Å²) in [5.41, 5.74) is 0. The molecule has 0 unspecified atom stereocenters. The van der Waals surface area contributed by atoms with E-state index in [1.165, 1.54) is 6.33 Å². The van der Waals surface area contributed by atoms with Gasteiger partial charge in [-0.05, 0) is 12.8 Å². The lowest BCUT2D eigenvalue weighted by Gasteiger charge is -2.32. The fourth-order valence-electron chi connectivity index (χ4n) is 2.69. The molecule has 3 rings (SSSR count). The van der Waals surface area contributed by atoms with Crippen molar-refractivity contribution in [3.05, 3.63) is 12.2 Å². The Morgan fingerprint density at radius 1 is 1.43 bits per heavy atom.